The highest BCUT2D eigenvalue weighted by atomic mass is 79.9. The van der Waals surface area contributed by atoms with Gasteiger partial charge < -0.3 is 19.9 Å². The van der Waals surface area contributed by atoms with Crippen molar-refractivity contribution in [2.24, 2.45) is 0 Å². The van der Waals surface area contributed by atoms with Crippen LogP contribution < -0.4 is 19.9 Å². The SMILES string of the molecule is COc1cccc(OC)c1Oc1ncc(N)cc1Br. The van der Waals surface area contributed by atoms with E-state index in [4.69, 9.17) is 19.9 Å². The van der Waals surface area contributed by atoms with Crippen LogP contribution in [0.1, 0.15) is 0 Å². The minimum atomic E-state index is 0.386. The van der Waals surface area contributed by atoms with Gasteiger partial charge in [-0.3, -0.25) is 0 Å². The maximum Gasteiger partial charge on any atom is 0.234 e. The molecule has 0 unspecified atom stereocenters. The smallest absolute Gasteiger partial charge is 0.234 e. The van der Waals surface area contributed by atoms with E-state index in [2.05, 4.69) is 20.9 Å². The maximum absolute atomic E-state index is 5.74. The number of ether oxygens (including phenoxy) is 3. The molecule has 0 amide bonds. The van der Waals surface area contributed by atoms with Crippen molar-refractivity contribution < 1.29 is 14.2 Å². The summed E-state index contributed by atoms with van der Waals surface area (Å²) in [5.74, 6) is 1.97. The summed E-state index contributed by atoms with van der Waals surface area (Å²) >= 11 is 3.35. The average Bonchev–Trinajstić information content (AvgIpc) is 2.42. The molecule has 1 aromatic heterocycles. The largest absolute Gasteiger partial charge is 0.493 e. The quantitative estimate of drug-likeness (QED) is 0.935. The molecule has 5 nitrogen and oxygen atoms in total. The monoisotopic (exact) mass is 324 g/mol. The van der Waals surface area contributed by atoms with Gasteiger partial charge in [0.1, 0.15) is 0 Å². The highest BCUT2D eigenvalue weighted by Gasteiger charge is 2.14. The van der Waals surface area contributed by atoms with Gasteiger partial charge in [0.25, 0.3) is 0 Å². The minimum absolute atomic E-state index is 0.386. The number of nitrogen functional groups attached to an aromatic ring is 1. The molecule has 100 valence electrons. The maximum atomic E-state index is 5.74. The number of rotatable bonds is 4. The van der Waals surface area contributed by atoms with Gasteiger partial charge in [-0.2, -0.15) is 0 Å². The zero-order valence-electron chi connectivity index (χ0n) is 10.5. The number of halogens is 1. The fourth-order valence-electron chi connectivity index (χ4n) is 1.53. The summed E-state index contributed by atoms with van der Waals surface area (Å²) in [6.45, 7) is 0. The summed E-state index contributed by atoms with van der Waals surface area (Å²) in [4.78, 5) is 4.12. The third kappa shape index (κ3) is 2.90. The lowest BCUT2D eigenvalue weighted by Crippen LogP contribution is -1.97. The third-order valence-corrected chi connectivity index (χ3v) is 2.98. The predicted molar refractivity (Wildman–Crippen MR) is 76.0 cm³/mol. The van der Waals surface area contributed by atoms with Crippen LogP contribution in [-0.2, 0) is 0 Å². The highest BCUT2D eigenvalue weighted by molar-refractivity contribution is 9.10. The van der Waals surface area contributed by atoms with Crippen molar-refractivity contribution in [2.45, 2.75) is 0 Å². The second-order valence-corrected chi connectivity index (χ2v) is 4.50. The van der Waals surface area contributed by atoms with E-state index in [1.165, 1.54) is 6.20 Å². The van der Waals surface area contributed by atoms with Crippen molar-refractivity contribution in [1.29, 1.82) is 0 Å². The molecule has 0 aliphatic rings. The molecule has 0 saturated heterocycles. The molecule has 2 rings (SSSR count). The number of anilines is 1. The van der Waals surface area contributed by atoms with Gasteiger partial charge >= 0.3 is 0 Å². The van der Waals surface area contributed by atoms with Crippen molar-refractivity contribution in [1.82, 2.24) is 4.98 Å². The van der Waals surface area contributed by atoms with Gasteiger partial charge in [-0.25, -0.2) is 4.98 Å². The molecule has 1 aromatic carbocycles. The van der Waals surface area contributed by atoms with E-state index in [-0.39, 0.29) is 0 Å². The van der Waals surface area contributed by atoms with Crippen molar-refractivity contribution in [2.75, 3.05) is 20.0 Å². The molecule has 0 aliphatic heterocycles. The van der Waals surface area contributed by atoms with Crippen LogP contribution in [0, 0.1) is 0 Å². The molecule has 0 fully saturated rings. The Bertz CT molecular complexity index is 568. The number of hydrogen-bond acceptors (Lipinski definition) is 5. The van der Waals surface area contributed by atoms with E-state index < -0.39 is 0 Å². The van der Waals surface area contributed by atoms with Crippen molar-refractivity contribution in [3.05, 3.63) is 34.9 Å². The number of nitrogens with zero attached hydrogens (tertiary/aromatic N) is 1. The summed E-state index contributed by atoms with van der Waals surface area (Å²) in [6, 6.07) is 7.09. The molecule has 0 atom stereocenters. The van der Waals surface area contributed by atoms with Gasteiger partial charge in [0, 0.05) is 0 Å². The Morgan fingerprint density at radius 1 is 1.16 bits per heavy atom. The van der Waals surface area contributed by atoms with Gasteiger partial charge in [0.05, 0.1) is 30.6 Å². The van der Waals surface area contributed by atoms with Crippen LogP contribution in [0.4, 0.5) is 5.69 Å². The number of hydrogen-bond donors (Lipinski definition) is 1. The van der Waals surface area contributed by atoms with Crippen LogP contribution in [0.25, 0.3) is 0 Å². The first-order valence-electron chi connectivity index (χ1n) is 5.45. The molecule has 0 radical (unpaired) electrons. The lowest BCUT2D eigenvalue weighted by molar-refractivity contribution is 0.341. The predicted octanol–water partition coefficient (Wildman–Crippen LogP) is 3.24. The number of aromatic nitrogens is 1. The van der Waals surface area contributed by atoms with Crippen molar-refractivity contribution in [3.63, 3.8) is 0 Å². The topological polar surface area (TPSA) is 66.6 Å². The summed E-state index contributed by atoms with van der Waals surface area (Å²) in [6.07, 6.45) is 1.52. The summed E-state index contributed by atoms with van der Waals surface area (Å²) in [7, 11) is 3.13. The molecule has 1 heterocycles. The standard InChI is InChI=1S/C13H13BrN2O3/c1-17-10-4-3-5-11(18-2)12(10)19-13-9(14)6-8(15)7-16-13/h3-7H,15H2,1-2H3. The van der Waals surface area contributed by atoms with Crippen LogP contribution in [-0.4, -0.2) is 19.2 Å². The van der Waals surface area contributed by atoms with Crippen LogP contribution in [0.15, 0.2) is 34.9 Å². The molecule has 0 bridgehead atoms. The average molecular weight is 325 g/mol. The molecule has 0 spiro atoms. The zero-order valence-corrected chi connectivity index (χ0v) is 12.1. The van der Waals surface area contributed by atoms with Crippen LogP contribution in [0.3, 0.4) is 0 Å². The zero-order chi connectivity index (χ0) is 13.8. The molecule has 2 aromatic rings. The number of benzene rings is 1. The van der Waals surface area contributed by atoms with Gasteiger partial charge in [-0.05, 0) is 34.1 Å². The molecular weight excluding hydrogens is 312 g/mol. The fourth-order valence-corrected chi connectivity index (χ4v) is 1.98. The second kappa shape index (κ2) is 5.79. The first-order valence-corrected chi connectivity index (χ1v) is 6.25. The van der Waals surface area contributed by atoms with Crippen molar-refractivity contribution >= 4 is 21.6 Å². The molecular formula is C13H13BrN2O3. The van der Waals surface area contributed by atoms with Crippen LogP contribution in [0.2, 0.25) is 0 Å². The molecule has 19 heavy (non-hydrogen) atoms. The molecule has 6 heteroatoms. The van der Waals surface area contributed by atoms with E-state index >= 15 is 0 Å². The minimum Gasteiger partial charge on any atom is -0.493 e. The Hall–Kier alpha value is -1.95. The Balaban J connectivity index is 2.42. The Morgan fingerprint density at radius 2 is 1.79 bits per heavy atom. The number of pyridine rings is 1. The van der Waals surface area contributed by atoms with Crippen molar-refractivity contribution in [3.8, 4) is 23.1 Å². The fraction of sp³-hybridized carbons (Fsp3) is 0.154. The normalized spacial score (nSPS) is 10.1. The lowest BCUT2D eigenvalue weighted by atomic mass is 10.3. The van der Waals surface area contributed by atoms with Crippen LogP contribution >= 0.6 is 15.9 Å². The van der Waals surface area contributed by atoms with Gasteiger partial charge in [0.2, 0.25) is 11.6 Å². The molecule has 2 N–H and O–H groups in total. The van der Waals surface area contributed by atoms with Gasteiger partial charge in [0.15, 0.2) is 11.5 Å². The lowest BCUT2D eigenvalue weighted by Gasteiger charge is -2.13. The summed E-state index contributed by atoms with van der Waals surface area (Å²) < 4.78 is 16.9. The van der Waals surface area contributed by atoms with Gasteiger partial charge in [-0.15, -0.1) is 0 Å². The molecule has 0 saturated carbocycles. The van der Waals surface area contributed by atoms with Gasteiger partial charge in [-0.1, -0.05) is 6.07 Å². The first-order chi connectivity index (χ1) is 9.15. The Labute approximate surface area is 119 Å². The summed E-state index contributed by atoms with van der Waals surface area (Å²) in [5, 5.41) is 0. The summed E-state index contributed by atoms with van der Waals surface area (Å²) in [5.41, 5.74) is 6.18. The van der Waals surface area contributed by atoms with Crippen LogP contribution in [0.5, 0.6) is 23.1 Å². The third-order valence-electron chi connectivity index (χ3n) is 2.41. The Morgan fingerprint density at radius 3 is 2.32 bits per heavy atom. The molecule has 0 aliphatic carbocycles. The number of nitrogens with two attached hydrogens (primary N) is 1. The van der Waals surface area contributed by atoms with E-state index in [0.717, 1.165) is 0 Å². The second-order valence-electron chi connectivity index (χ2n) is 3.65. The van der Waals surface area contributed by atoms with E-state index in [9.17, 15) is 0 Å². The number of methoxy groups -OCH3 is 2. The highest BCUT2D eigenvalue weighted by Crippen LogP contribution is 2.41. The first kappa shape index (κ1) is 13.5. The van der Waals surface area contributed by atoms with E-state index in [0.29, 0.717) is 33.3 Å². The number of para-hydroxylation sites is 1. The van der Waals surface area contributed by atoms with E-state index in [1.54, 1.807) is 32.4 Å². The Kier molecular flexibility index (Phi) is 4.11. The van der Waals surface area contributed by atoms with E-state index in [1.807, 2.05) is 6.07 Å².